The summed E-state index contributed by atoms with van der Waals surface area (Å²) in [6, 6.07) is 20.6. The molecular weight excluding hydrogens is 402 g/mol. The van der Waals surface area contributed by atoms with Gasteiger partial charge in [0.15, 0.2) is 0 Å². The SMILES string of the molecule is CC[C@H](C(=O)NC)N(CCc1ccccc1)C(=O)CN1C(=O)c2cccc3cccc1c23. The molecule has 0 radical (unpaired) electrons. The Morgan fingerprint density at radius 2 is 1.72 bits per heavy atom. The van der Waals surface area contributed by atoms with E-state index in [1.54, 1.807) is 18.0 Å². The molecule has 1 aliphatic heterocycles. The number of nitrogens with one attached hydrogen (secondary N) is 1. The van der Waals surface area contributed by atoms with Gasteiger partial charge in [0.2, 0.25) is 11.8 Å². The lowest BCUT2D eigenvalue weighted by atomic mass is 10.1. The Kier molecular flexibility index (Phi) is 6.21. The summed E-state index contributed by atoms with van der Waals surface area (Å²) in [5.74, 6) is -0.622. The molecule has 0 saturated carbocycles. The molecular formula is C26H27N3O3. The fourth-order valence-electron chi connectivity index (χ4n) is 4.42. The van der Waals surface area contributed by atoms with Gasteiger partial charge in [-0.1, -0.05) is 61.5 Å². The van der Waals surface area contributed by atoms with Crippen LogP contribution in [0.4, 0.5) is 5.69 Å². The van der Waals surface area contributed by atoms with E-state index in [9.17, 15) is 14.4 Å². The van der Waals surface area contributed by atoms with Gasteiger partial charge >= 0.3 is 0 Å². The van der Waals surface area contributed by atoms with E-state index in [0.717, 1.165) is 22.0 Å². The average Bonchev–Trinajstić information content (AvgIpc) is 3.10. The van der Waals surface area contributed by atoms with Crippen molar-refractivity contribution in [3.8, 4) is 0 Å². The smallest absolute Gasteiger partial charge is 0.259 e. The van der Waals surface area contributed by atoms with E-state index in [-0.39, 0.29) is 24.3 Å². The number of carbonyl (C=O) groups excluding carboxylic acids is 3. The minimum Gasteiger partial charge on any atom is -0.357 e. The highest BCUT2D eigenvalue weighted by Crippen LogP contribution is 2.37. The summed E-state index contributed by atoms with van der Waals surface area (Å²) in [5, 5.41) is 4.52. The van der Waals surface area contributed by atoms with E-state index in [0.29, 0.717) is 24.9 Å². The van der Waals surface area contributed by atoms with Crippen LogP contribution in [-0.2, 0) is 16.0 Å². The predicted molar refractivity (Wildman–Crippen MR) is 126 cm³/mol. The Morgan fingerprint density at radius 3 is 2.41 bits per heavy atom. The van der Waals surface area contributed by atoms with Crippen LogP contribution in [-0.4, -0.2) is 48.8 Å². The highest BCUT2D eigenvalue weighted by Gasteiger charge is 2.34. The third kappa shape index (κ3) is 3.96. The Morgan fingerprint density at radius 1 is 1.00 bits per heavy atom. The molecule has 1 N–H and O–H groups in total. The minimum atomic E-state index is -0.591. The number of benzene rings is 3. The van der Waals surface area contributed by atoms with Crippen LogP contribution in [0.2, 0.25) is 0 Å². The molecule has 0 saturated heterocycles. The van der Waals surface area contributed by atoms with E-state index in [2.05, 4.69) is 5.32 Å². The van der Waals surface area contributed by atoms with E-state index < -0.39 is 6.04 Å². The van der Waals surface area contributed by atoms with Gasteiger partial charge in [0.1, 0.15) is 12.6 Å². The summed E-state index contributed by atoms with van der Waals surface area (Å²) in [7, 11) is 1.58. The molecule has 3 aromatic carbocycles. The summed E-state index contributed by atoms with van der Waals surface area (Å²) in [4.78, 5) is 42.3. The van der Waals surface area contributed by atoms with Crippen LogP contribution in [0.5, 0.6) is 0 Å². The second kappa shape index (κ2) is 9.22. The van der Waals surface area contributed by atoms with Crippen molar-refractivity contribution in [1.29, 1.82) is 0 Å². The molecule has 32 heavy (non-hydrogen) atoms. The molecule has 0 bridgehead atoms. The van der Waals surface area contributed by atoms with Crippen molar-refractivity contribution < 1.29 is 14.4 Å². The largest absolute Gasteiger partial charge is 0.357 e. The normalized spacial score (nSPS) is 13.3. The second-order valence-electron chi connectivity index (χ2n) is 7.93. The van der Waals surface area contributed by atoms with Crippen molar-refractivity contribution in [3.05, 3.63) is 77.9 Å². The number of likely N-dealkylation sites (N-methyl/N-ethyl adjacent to an activating group) is 1. The minimum absolute atomic E-state index is 0.102. The lowest BCUT2D eigenvalue weighted by Gasteiger charge is -2.31. The lowest BCUT2D eigenvalue weighted by Crippen LogP contribution is -2.52. The predicted octanol–water partition coefficient (Wildman–Crippen LogP) is 3.40. The summed E-state index contributed by atoms with van der Waals surface area (Å²) >= 11 is 0. The Hall–Kier alpha value is -3.67. The van der Waals surface area contributed by atoms with Gasteiger partial charge < -0.3 is 10.2 Å². The summed E-state index contributed by atoms with van der Waals surface area (Å²) in [5.41, 5.74) is 2.44. The number of rotatable bonds is 8. The van der Waals surface area contributed by atoms with Gasteiger partial charge in [0.25, 0.3) is 5.91 Å². The van der Waals surface area contributed by atoms with Crippen LogP contribution in [0, 0.1) is 0 Å². The first kappa shape index (κ1) is 21.6. The van der Waals surface area contributed by atoms with Crippen molar-refractivity contribution in [1.82, 2.24) is 10.2 Å². The van der Waals surface area contributed by atoms with E-state index in [4.69, 9.17) is 0 Å². The van der Waals surface area contributed by atoms with Crippen molar-refractivity contribution >= 4 is 34.2 Å². The zero-order valence-corrected chi connectivity index (χ0v) is 18.4. The van der Waals surface area contributed by atoms with Crippen molar-refractivity contribution in [3.63, 3.8) is 0 Å². The van der Waals surface area contributed by atoms with Gasteiger partial charge in [0.05, 0.1) is 5.69 Å². The van der Waals surface area contributed by atoms with Gasteiger partial charge in [-0.2, -0.15) is 0 Å². The van der Waals surface area contributed by atoms with Crippen molar-refractivity contribution in [2.75, 3.05) is 25.0 Å². The standard InChI is InChI=1S/C26H27N3O3/c1-3-21(25(31)27-2)28(16-15-18-9-5-4-6-10-18)23(30)17-29-22-14-8-12-19-11-7-13-20(24(19)22)26(29)32/h4-14,21H,3,15-17H2,1-2H3,(H,27,31)/t21-/m1/s1. The molecule has 3 aromatic rings. The zero-order chi connectivity index (χ0) is 22.7. The van der Waals surface area contributed by atoms with Gasteiger partial charge in [-0.05, 0) is 35.9 Å². The van der Waals surface area contributed by atoms with E-state index in [1.807, 2.05) is 67.6 Å². The number of hydrogen-bond donors (Lipinski definition) is 1. The van der Waals surface area contributed by atoms with Gasteiger partial charge in [0, 0.05) is 24.5 Å². The summed E-state index contributed by atoms with van der Waals surface area (Å²) in [6.45, 7) is 2.18. The maximum absolute atomic E-state index is 13.5. The van der Waals surface area contributed by atoms with Gasteiger partial charge in [-0.3, -0.25) is 19.3 Å². The van der Waals surface area contributed by atoms with Crippen LogP contribution in [0.15, 0.2) is 66.7 Å². The fourth-order valence-corrected chi connectivity index (χ4v) is 4.42. The Labute approximate surface area is 187 Å². The number of anilines is 1. The van der Waals surface area contributed by atoms with Crippen LogP contribution in [0.1, 0.15) is 29.3 Å². The third-order valence-corrected chi connectivity index (χ3v) is 6.06. The van der Waals surface area contributed by atoms with Gasteiger partial charge in [-0.15, -0.1) is 0 Å². The number of nitrogens with zero attached hydrogens (tertiary/aromatic N) is 2. The van der Waals surface area contributed by atoms with Crippen LogP contribution in [0.3, 0.4) is 0 Å². The Bertz CT molecular complexity index is 1150. The van der Waals surface area contributed by atoms with Gasteiger partial charge in [-0.25, -0.2) is 0 Å². The molecule has 6 nitrogen and oxygen atoms in total. The molecule has 0 aromatic heterocycles. The number of carbonyl (C=O) groups is 3. The van der Waals surface area contributed by atoms with Crippen molar-refractivity contribution in [2.45, 2.75) is 25.8 Å². The molecule has 0 spiro atoms. The summed E-state index contributed by atoms with van der Waals surface area (Å²) < 4.78 is 0. The molecule has 3 amide bonds. The monoisotopic (exact) mass is 429 g/mol. The van der Waals surface area contributed by atoms with E-state index >= 15 is 0 Å². The highest BCUT2D eigenvalue weighted by atomic mass is 16.2. The average molecular weight is 430 g/mol. The molecule has 164 valence electrons. The van der Waals surface area contributed by atoms with Crippen LogP contribution < -0.4 is 10.2 Å². The van der Waals surface area contributed by atoms with E-state index in [1.165, 1.54) is 4.90 Å². The maximum Gasteiger partial charge on any atom is 0.259 e. The molecule has 0 unspecified atom stereocenters. The quantitative estimate of drug-likeness (QED) is 0.597. The molecule has 0 aliphatic carbocycles. The first-order chi connectivity index (χ1) is 15.5. The topological polar surface area (TPSA) is 69.7 Å². The third-order valence-electron chi connectivity index (χ3n) is 6.06. The molecule has 6 heteroatoms. The first-order valence-electron chi connectivity index (χ1n) is 10.9. The highest BCUT2D eigenvalue weighted by molar-refractivity contribution is 6.26. The molecule has 4 rings (SSSR count). The zero-order valence-electron chi connectivity index (χ0n) is 18.4. The molecule has 1 atom stereocenters. The van der Waals surface area contributed by atoms with Crippen LogP contribution in [0.25, 0.3) is 10.8 Å². The lowest BCUT2D eigenvalue weighted by molar-refractivity contribution is -0.139. The van der Waals surface area contributed by atoms with Crippen LogP contribution >= 0.6 is 0 Å². The maximum atomic E-state index is 13.5. The van der Waals surface area contributed by atoms with Crippen molar-refractivity contribution in [2.24, 2.45) is 0 Å². The Balaban J connectivity index is 1.60. The summed E-state index contributed by atoms with van der Waals surface area (Å²) in [6.07, 6.45) is 1.12. The molecule has 1 aliphatic rings. The first-order valence-corrected chi connectivity index (χ1v) is 10.9. The number of hydrogen-bond acceptors (Lipinski definition) is 3. The fraction of sp³-hybridized carbons (Fsp3) is 0.269. The number of amides is 3. The second-order valence-corrected chi connectivity index (χ2v) is 7.93. The molecule has 0 fully saturated rings. The molecule has 1 heterocycles.